The van der Waals surface area contributed by atoms with Crippen LogP contribution >= 0.6 is 11.3 Å². The van der Waals surface area contributed by atoms with Crippen molar-refractivity contribution in [3.05, 3.63) is 47.4 Å². The molecule has 0 saturated heterocycles. The van der Waals surface area contributed by atoms with Crippen LogP contribution in [0, 0.1) is 0 Å². The lowest BCUT2D eigenvalue weighted by atomic mass is 10.0. The molecule has 4 rings (SSSR count). The molecule has 0 saturated carbocycles. The van der Waals surface area contributed by atoms with Gasteiger partial charge in [0.2, 0.25) is 0 Å². The van der Waals surface area contributed by atoms with Crippen LogP contribution in [-0.2, 0) is 13.1 Å². The van der Waals surface area contributed by atoms with Crippen LogP contribution in [0.4, 0.5) is 5.13 Å². The highest BCUT2D eigenvalue weighted by Crippen LogP contribution is 2.30. The van der Waals surface area contributed by atoms with Crippen LogP contribution in [0.5, 0.6) is 0 Å². The summed E-state index contributed by atoms with van der Waals surface area (Å²) in [5.74, 6) is 1.56. The summed E-state index contributed by atoms with van der Waals surface area (Å²) < 4.78 is 1.97. The Balaban J connectivity index is 1.55. The Kier molecular flexibility index (Phi) is 3.61. The van der Waals surface area contributed by atoms with Crippen molar-refractivity contribution in [2.24, 2.45) is 0 Å². The molecule has 1 aliphatic heterocycles. The lowest BCUT2D eigenvalue weighted by molar-refractivity contribution is 0.512. The monoisotopic (exact) mass is 325 g/mol. The Morgan fingerprint density at radius 1 is 1.13 bits per heavy atom. The molecule has 23 heavy (non-hydrogen) atoms. The minimum absolute atomic E-state index is 0.556. The third-order valence-corrected chi connectivity index (χ3v) is 5.15. The molecule has 0 spiro atoms. The van der Waals surface area contributed by atoms with Gasteiger partial charge in [0, 0.05) is 17.5 Å². The lowest BCUT2D eigenvalue weighted by Crippen LogP contribution is -2.34. The van der Waals surface area contributed by atoms with Crippen molar-refractivity contribution in [1.82, 2.24) is 19.7 Å². The van der Waals surface area contributed by atoms with Crippen LogP contribution in [0.25, 0.3) is 11.3 Å². The first-order valence-corrected chi connectivity index (χ1v) is 8.76. The predicted octanol–water partition coefficient (Wildman–Crippen LogP) is 3.55. The fraction of sp³-hybridized carbons (Fsp3) is 0.353. The minimum Gasteiger partial charge on any atom is -0.339 e. The number of hydrogen-bond acceptors (Lipinski definition) is 5. The number of anilines is 1. The molecule has 0 fully saturated rings. The van der Waals surface area contributed by atoms with Crippen LogP contribution in [0.3, 0.4) is 0 Å². The van der Waals surface area contributed by atoms with Crippen LogP contribution in [0.1, 0.15) is 31.2 Å². The molecule has 0 radical (unpaired) electrons. The van der Waals surface area contributed by atoms with Gasteiger partial charge < -0.3 is 4.90 Å². The van der Waals surface area contributed by atoms with E-state index in [1.54, 1.807) is 17.7 Å². The average Bonchev–Trinajstić information content (AvgIpc) is 3.23. The van der Waals surface area contributed by atoms with E-state index >= 15 is 0 Å². The van der Waals surface area contributed by atoms with E-state index < -0.39 is 0 Å². The number of fused-ring (bicyclic) bond motifs is 1. The van der Waals surface area contributed by atoms with E-state index in [1.807, 2.05) is 4.68 Å². The van der Waals surface area contributed by atoms with Gasteiger partial charge in [-0.05, 0) is 11.5 Å². The standard InChI is InChI=1S/C17H19N5S/c1-12(2)13-3-5-14(6-4-13)15-10-23-17(20-15)21-7-8-22-16(9-21)18-11-19-22/h3-6,10-12H,7-9H2,1-2H3. The van der Waals surface area contributed by atoms with E-state index in [2.05, 4.69) is 58.5 Å². The SMILES string of the molecule is CC(C)c1ccc(-c2csc(N3CCn4ncnc4C3)n2)cc1. The zero-order valence-corrected chi connectivity index (χ0v) is 14.1. The molecule has 2 aromatic heterocycles. The van der Waals surface area contributed by atoms with Crippen LogP contribution < -0.4 is 4.90 Å². The third-order valence-electron chi connectivity index (χ3n) is 4.25. The van der Waals surface area contributed by atoms with Crippen molar-refractivity contribution in [2.75, 3.05) is 11.4 Å². The normalized spacial score (nSPS) is 14.3. The van der Waals surface area contributed by atoms with Gasteiger partial charge in [0.1, 0.15) is 12.2 Å². The molecule has 0 unspecified atom stereocenters. The average molecular weight is 325 g/mol. The molecule has 0 amide bonds. The van der Waals surface area contributed by atoms with Gasteiger partial charge in [0.05, 0.1) is 18.8 Å². The Labute approximate surface area is 139 Å². The summed E-state index contributed by atoms with van der Waals surface area (Å²) in [5.41, 5.74) is 3.59. The second-order valence-corrected chi connectivity index (χ2v) is 6.95. The van der Waals surface area contributed by atoms with Crippen LogP contribution in [0.2, 0.25) is 0 Å². The summed E-state index contributed by atoms with van der Waals surface area (Å²) in [6.07, 6.45) is 1.63. The highest BCUT2D eigenvalue weighted by atomic mass is 32.1. The van der Waals surface area contributed by atoms with E-state index in [-0.39, 0.29) is 0 Å². The number of rotatable bonds is 3. The second kappa shape index (κ2) is 5.77. The first-order valence-electron chi connectivity index (χ1n) is 7.88. The molecule has 0 bridgehead atoms. The quantitative estimate of drug-likeness (QED) is 0.739. The topological polar surface area (TPSA) is 46.8 Å². The first-order chi connectivity index (χ1) is 11.2. The largest absolute Gasteiger partial charge is 0.339 e. The fourth-order valence-corrected chi connectivity index (χ4v) is 3.67. The summed E-state index contributed by atoms with van der Waals surface area (Å²) >= 11 is 1.70. The minimum atomic E-state index is 0.556. The summed E-state index contributed by atoms with van der Waals surface area (Å²) in [4.78, 5) is 11.4. The summed E-state index contributed by atoms with van der Waals surface area (Å²) in [6.45, 7) is 7.00. The summed E-state index contributed by atoms with van der Waals surface area (Å²) in [6, 6.07) is 8.73. The molecule has 1 aromatic carbocycles. The lowest BCUT2D eigenvalue weighted by Gasteiger charge is -2.26. The first kappa shape index (κ1) is 14.4. The zero-order valence-electron chi connectivity index (χ0n) is 13.3. The highest BCUT2D eigenvalue weighted by Gasteiger charge is 2.20. The van der Waals surface area contributed by atoms with Crippen LogP contribution in [-0.4, -0.2) is 26.3 Å². The number of thiazole rings is 1. The van der Waals surface area contributed by atoms with Crippen molar-refractivity contribution in [2.45, 2.75) is 32.9 Å². The van der Waals surface area contributed by atoms with E-state index in [0.29, 0.717) is 5.92 Å². The molecule has 5 nitrogen and oxygen atoms in total. The third kappa shape index (κ3) is 2.74. The highest BCUT2D eigenvalue weighted by molar-refractivity contribution is 7.14. The Morgan fingerprint density at radius 3 is 2.74 bits per heavy atom. The van der Waals surface area contributed by atoms with Gasteiger partial charge in [-0.2, -0.15) is 5.10 Å². The molecule has 118 valence electrons. The fourth-order valence-electron chi connectivity index (χ4n) is 2.81. The van der Waals surface area contributed by atoms with Gasteiger partial charge in [-0.1, -0.05) is 38.1 Å². The maximum Gasteiger partial charge on any atom is 0.186 e. The Bertz CT molecular complexity index is 803. The van der Waals surface area contributed by atoms with Gasteiger partial charge in [0.25, 0.3) is 0 Å². The number of aromatic nitrogens is 4. The van der Waals surface area contributed by atoms with E-state index in [4.69, 9.17) is 4.98 Å². The van der Waals surface area contributed by atoms with Gasteiger partial charge in [0.15, 0.2) is 5.13 Å². The van der Waals surface area contributed by atoms with Crippen molar-refractivity contribution < 1.29 is 0 Å². The molecule has 0 N–H and O–H groups in total. The molecule has 3 aromatic rings. The van der Waals surface area contributed by atoms with Crippen LogP contribution in [0.15, 0.2) is 36.0 Å². The Morgan fingerprint density at radius 2 is 1.96 bits per heavy atom. The van der Waals surface area contributed by atoms with Crippen molar-refractivity contribution >= 4 is 16.5 Å². The molecule has 6 heteroatoms. The smallest absolute Gasteiger partial charge is 0.186 e. The molecule has 3 heterocycles. The molecule has 0 atom stereocenters. The van der Waals surface area contributed by atoms with Gasteiger partial charge in [-0.3, -0.25) is 0 Å². The van der Waals surface area contributed by atoms with Gasteiger partial charge in [-0.15, -0.1) is 11.3 Å². The second-order valence-electron chi connectivity index (χ2n) is 6.11. The zero-order chi connectivity index (χ0) is 15.8. The predicted molar refractivity (Wildman–Crippen MR) is 92.7 cm³/mol. The van der Waals surface area contributed by atoms with E-state index in [9.17, 15) is 0 Å². The maximum absolute atomic E-state index is 4.82. The van der Waals surface area contributed by atoms with E-state index in [0.717, 1.165) is 36.3 Å². The molecule has 0 aliphatic carbocycles. The number of benzene rings is 1. The summed E-state index contributed by atoms with van der Waals surface area (Å²) in [5, 5.41) is 7.42. The van der Waals surface area contributed by atoms with E-state index in [1.165, 1.54) is 11.1 Å². The number of hydrogen-bond donors (Lipinski definition) is 0. The van der Waals surface area contributed by atoms with Crippen molar-refractivity contribution in [3.63, 3.8) is 0 Å². The van der Waals surface area contributed by atoms with Crippen molar-refractivity contribution in [1.29, 1.82) is 0 Å². The molecular weight excluding hydrogens is 306 g/mol. The molecule has 1 aliphatic rings. The molecular formula is C17H19N5S. The summed E-state index contributed by atoms with van der Waals surface area (Å²) in [7, 11) is 0. The number of nitrogens with zero attached hydrogens (tertiary/aromatic N) is 5. The van der Waals surface area contributed by atoms with Crippen molar-refractivity contribution in [3.8, 4) is 11.3 Å². The van der Waals surface area contributed by atoms with Gasteiger partial charge in [-0.25, -0.2) is 14.6 Å². The van der Waals surface area contributed by atoms with Gasteiger partial charge >= 0.3 is 0 Å². The maximum atomic E-state index is 4.82. The Hall–Kier alpha value is -2.21.